The molecular weight excluding hydrogens is 416 g/mol. The van der Waals surface area contributed by atoms with Gasteiger partial charge in [-0.2, -0.15) is 0 Å². The summed E-state index contributed by atoms with van der Waals surface area (Å²) in [5.41, 5.74) is 3.37. The van der Waals surface area contributed by atoms with Gasteiger partial charge in [0.15, 0.2) is 0 Å². The number of carbonyl (C=O) groups excluding carboxylic acids is 1. The topological polar surface area (TPSA) is 48.5 Å². The van der Waals surface area contributed by atoms with E-state index < -0.39 is 0 Å². The Morgan fingerprint density at radius 1 is 1.22 bits per heavy atom. The zero-order valence-electron chi connectivity index (χ0n) is 19.4. The normalized spacial score (nSPS) is 27.0. The number of rotatable bonds is 7. The van der Waals surface area contributed by atoms with Crippen LogP contribution in [0.4, 0.5) is 0 Å². The minimum absolute atomic E-state index is 0.112. The summed E-state index contributed by atoms with van der Waals surface area (Å²) in [4.78, 5) is 22.4. The maximum atomic E-state index is 12.7. The van der Waals surface area contributed by atoms with Crippen molar-refractivity contribution in [1.29, 1.82) is 0 Å². The third kappa shape index (κ3) is 5.08. The smallest absolute Gasteiger partial charge is 0.226 e. The molecule has 5 rings (SSSR count). The third-order valence-corrected chi connectivity index (χ3v) is 8.83. The molecule has 1 aliphatic heterocycles. The molecule has 6 heteroatoms. The molecule has 172 valence electrons. The Morgan fingerprint density at radius 2 is 2.06 bits per heavy atom. The lowest BCUT2D eigenvalue weighted by atomic mass is 9.84. The average molecular weight is 453 g/mol. The highest BCUT2D eigenvalue weighted by Crippen LogP contribution is 2.49. The van der Waals surface area contributed by atoms with Gasteiger partial charge in [-0.1, -0.05) is 24.6 Å². The van der Waals surface area contributed by atoms with Gasteiger partial charge in [0.2, 0.25) is 5.91 Å². The summed E-state index contributed by atoms with van der Waals surface area (Å²) in [6.45, 7) is 7.71. The summed E-state index contributed by atoms with van der Waals surface area (Å²) in [5.74, 6) is 2.53. The highest BCUT2D eigenvalue weighted by molar-refractivity contribution is 7.13. The first-order chi connectivity index (χ1) is 15.5. The second kappa shape index (κ2) is 9.62. The first-order valence-corrected chi connectivity index (χ1v) is 13.2. The number of hydrogen-bond donors (Lipinski definition) is 1. The summed E-state index contributed by atoms with van der Waals surface area (Å²) in [5, 5.41) is 6.33. The highest BCUT2D eigenvalue weighted by Gasteiger charge is 2.42. The van der Waals surface area contributed by atoms with Gasteiger partial charge < -0.3 is 10.2 Å². The lowest BCUT2D eigenvalue weighted by Crippen LogP contribution is -2.43. The van der Waals surface area contributed by atoms with Crippen molar-refractivity contribution in [2.75, 3.05) is 33.2 Å². The van der Waals surface area contributed by atoms with Crippen molar-refractivity contribution in [2.24, 2.45) is 17.8 Å². The molecule has 2 aromatic rings. The van der Waals surface area contributed by atoms with Gasteiger partial charge in [-0.25, -0.2) is 4.98 Å². The van der Waals surface area contributed by atoms with Gasteiger partial charge >= 0.3 is 0 Å². The van der Waals surface area contributed by atoms with E-state index in [1.54, 1.807) is 11.3 Å². The van der Waals surface area contributed by atoms with Crippen LogP contribution in [0.15, 0.2) is 29.6 Å². The number of benzene rings is 1. The van der Waals surface area contributed by atoms with E-state index in [-0.39, 0.29) is 11.9 Å². The van der Waals surface area contributed by atoms with Gasteiger partial charge in [0.1, 0.15) is 5.01 Å². The van der Waals surface area contributed by atoms with E-state index in [0.717, 1.165) is 60.8 Å². The fourth-order valence-corrected chi connectivity index (χ4v) is 6.89. The Labute approximate surface area is 196 Å². The molecule has 3 fully saturated rings. The molecule has 3 aliphatic rings. The lowest BCUT2D eigenvalue weighted by Gasteiger charge is -2.32. The summed E-state index contributed by atoms with van der Waals surface area (Å²) in [6, 6.07) is 9.01. The molecule has 1 saturated heterocycles. The Hall–Kier alpha value is -1.76. The minimum Gasteiger partial charge on any atom is -0.353 e. The summed E-state index contributed by atoms with van der Waals surface area (Å²) >= 11 is 1.64. The second-order valence-electron chi connectivity index (χ2n) is 10.3. The molecule has 4 unspecified atom stereocenters. The molecule has 1 N–H and O–H groups in total. The molecule has 5 nitrogen and oxygen atoms in total. The summed E-state index contributed by atoms with van der Waals surface area (Å²) in [7, 11) is 2.19. The Balaban J connectivity index is 1.16. The van der Waals surface area contributed by atoms with Crippen molar-refractivity contribution in [2.45, 2.75) is 51.6 Å². The number of piperazine rings is 1. The summed E-state index contributed by atoms with van der Waals surface area (Å²) < 4.78 is 0. The van der Waals surface area contributed by atoms with E-state index in [9.17, 15) is 4.79 Å². The molecule has 1 aromatic carbocycles. The van der Waals surface area contributed by atoms with Crippen LogP contribution in [0, 0.1) is 17.8 Å². The summed E-state index contributed by atoms with van der Waals surface area (Å²) in [6.07, 6.45) is 5.83. The number of nitrogens with zero attached hydrogens (tertiary/aromatic N) is 3. The van der Waals surface area contributed by atoms with Gasteiger partial charge in [0, 0.05) is 49.7 Å². The van der Waals surface area contributed by atoms with Crippen molar-refractivity contribution in [3.05, 3.63) is 40.9 Å². The Bertz CT molecular complexity index is 935. The van der Waals surface area contributed by atoms with Gasteiger partial charge in [-0.05, 0) is 62.6 Å². The number of thiazole rings is 1. The van der Waals surface area contributed by atoms with E-state index in [0.29, 0.717) is 12.3 Å². The van der Waals surface area contributed by atoms with Crippen LogP contribution >= 0.6 is 11.3 Å². The Morgan fingerprint density at radius 3 is 2.81 bits per heavy atom. The minimum atomic E-state index is 0.112. The number of likely N-dealkylation sites (N-methyl/N-ethyl adjacent to an activating group) is 1. The predicted octanol–water partition coefficient (Wildman–Crippen LogP) is 4.04. The largest absolute Gasteiger partial charge is 0.353 e. The third-order valence-electron chi connectivity index (χ3n) is 7.89. The van der Waals surface area contributed by atoms with E-state index in [1.165, 1.54) is 31.2 Å². The molecule has 0 radical (unpaired) electrons. The molecule has 4 atom stereocenters. The quantitative estimate of drug-likeness (QED) is 0.689. The average Bonchev–Trinajstić information content (AvgIpc) is 3.53. The van der Waals surface area contributed by atoms with Crippen LogP contribution in [0.25, 0.3) is 10.6 Å². The SMILES string of the molecule is CC(NC(=O)Cc1csc(-c2cccc(CN3CCN(C)CC3)c2)n1)C1CC2CCC1C2. The van der Waals surface area contributed by atoms with Crippen molar-refractivity contribution in [1.82, 2.24) is 20.1 Å². The first kappa shape index (κ1) is 22.1. The maximum Gasteiger partial charge on any atom is 0.226 e. The maximum absolute atomic E-state index is 12.7. The molecule has 32 heavy (non-hydrogen) atoms. The molecule has 1 amide bonds. The van der Waals surface area contributed by atoms with Crippen LogP contribution in [0.3, 0.4) is 0 Å². The fourth-order valence-electron chi connectivity index (χ4n) is 6.07. The first-order valence-electron chi connectivity index (χ1n) is 12.3. The van der Waals surface area contributed by atoms with Crippen LogP contribution in [-0.4, -0.2) is 60.0 Å². The lowest BCUT2D eigenvalue weighted by molar-refractivity contribution is -0.121. The molecule has 2 aliphatic carbocycles. The van der Waals surface area contributed by atoms with Crippen LogP contribution in [0.5, 0.6) is 0 Å². The van der Waals surface area contributed by atoms with Crippen LogP contribution < -0.4 is 5.32 Å². The van der Waals surface area contributed by atoms with E-state index in [4.69, 9.17) is 4.98 Å². The van der Waals surface area contributed by atoms with Crippen LogP contribution in [0.2, 0.25) is 0 Å². The molecule has 2 heterocycles. The molecule has 2 bridgehead atoms. The van der Waals surface area contributed by atoms with Gasteiger partial charge in [0.25, 0.3) is 0 Å². The second-order valence-corrected chi connectivity index (χ2v) is 11.2. The highest BCUT2D eigenvalue weighted by atomic mass is 32.1. The number of hydrogen-bond acceptors (Lipinski definition) is 5. The van der Waals surface area contributed by atoms with Gasteiger partial charge in [0.05, 0.1) is 12.1 Å². The number of nitrogens with one attached hydrogen (secondary N) is 1. The van der Waals surface area contributed by atoms with Crippen molar-refractivity contribution in [3.63, 3.8) is 0 Å². The number of fused-ring (bicyclic) bond motifs is 2. The zero-order valence-corrected chi connectivity index (χ0v) is 20.2. The van der Waals surface area contributed by atoms with Crippen molar-refractivity contribution in [3.8, 4) is 10.6 Å². The van der Waals surface area contributed by atoms with E-state index in [1.807, 2.05) is 5.38 Å². The molecule has 1 aromatic heterocycles. The number of aromatic nitrogens is 1. The number of carbonyl (C=O) groups is 1. The van der Waals surface area contributed by atoms with Gasteiger partial charge in [-0.15, -0.1) is 11.3 Å². The van der Waals surface area contributed by atoms with Gasteiger partial charge in [-0.3, -0.25) is 9.69 Å². The Kier molecular flexibility index (Phi) is 6.63. The monoisotopic (exact) mass is 452 g/mol. The van der Waals surface area contributed by atoms with Crippen molar-refractivity contribution < 1.29 is 4.79 Å². The predicted molar refractivity (Wildman–Crippen MR) is 131 cm³/mol. The van der Waals surface area contributed by atoms with E-state index >= 15 is 0 Å². The van der Waals surface area contributed by atoms with Crippen molar-refractivity contribution >= 4 is 17.2 Å². The zero-order chi connectivity index (χ0) is 22.1. The van der Waals surface area contributed by atoms with Crippen LogP contribution in [-0.2, 0) is 17.8 Å². The van der Waals surface area contributed by atoms with Crippen LogP contribution in [0.1, 0.15) is 43.9 Å². The fraction of sp³-hybridized carbons (Fsp3) is 0.615. The standard InChI is InChI=1S/C26H36N4OS/c1-18(24-14-19-6-7-21(24)12-19)27-25(31)15-23-17-32-26(28-23)22-5-3-4-20(13-22)16-30-10-8-29(2)9-11-30/h3-5,13,17-19,21,24H,6-12,14-16H2,1-2H3,(H,27,31). The molecule has 0 spiro atoms. The number of amides is 1. The molecular formula is C26H36N4OS. The van der Waals surface area contributed by atoms with E-state index in [2.05, 4.69) is 53.4 Å². The molecule has 2 saturated carbocycles.